The highest BCUT2D eigenvalue weighted by Gasteiger charge is 2.13. The van der Waals surface area contributed by atoms with Crippen molar-refractivity contribution in [3.63, 3.8) is 0 Å². The van der Waals surface area contributed by atoms with E-state index in [0.29, 0.717) is 6.04 Å². The van der Waals surface area contributed by atoms with Gasteiger partial charge in [0.15, 0.2) is 0 Å². The molecule has 92 valence electrons. The molecule has 4 N–H and O–H groups in total. The Hall–Kier alpha value is -1.75. The molecule has 5 heteroatoms. The van der Waals surface area contributed by atoms with Gasteiger partial charge in [-0.25, -0.2) is 4.79 Å². The van der Waals surface area contributed by atoms with Crippen LogP contribution in [0.15, 0.2) is 24.3 Å². The van der Waals surface area contributed by atoms with Crippen molar-refractivity contribution in [2.45, 2.75) is 12.5 Å². The molecule has 0 spiro atoms. The summed E-state index contributed by atoms with van der Waals surface area (Å²) in [6.45, 7) is 2.09. The van der Waals surface area contributed by atoms with E-state index in [2.05, 4.69) is 21.3 Å². The van der Waals surface area contributed by atoms with Crippen LogP contribution >= 0.6 is 0 Å². The second-order valence-corrected chi connectivity index (χ2v) is 4.12. The van der Waals surface area contributed by atoms with Gasteiger partial charge in [-0.2, -0.15) is 0 Å². The zero-order chi connectivity index (χ0) is 12.1. The molecule has 1 aliphatic rings. The van der Waals surface area contributed by atoms with Crippen LogP contribution in [0.25, 0.3) is 0 Å². The lowest BCUT2D eigenvalue weighted by Gasteiger charge is -2.13. The Kier molecular flexibility index (Phi) is 3.82. The first kappa shape index (κ1) is 11.7. The maximum absolute atomic E-state index is 11.1. The van der Waals surface area contributed by atoms with Crippen molar-refractivity contribution in [1.82, 2.24) is 10.6 Å². The van der Waals surface area contributed by atoms with Crippen LogP contribution < -0.4 is 21.3 Å². The van der Waals surface area contributed by atoms with Crippen LogP contribution in [-0.2, 0) is 0 Å². The van der Waals surface area contributed by atoms with Crippen LogP contribution in [-0.4, -0.2) is 32.2 Å². The molecule has 1 unspecified atom stereocenters. The summed E-state index contributed by atoms with van der Waals surface area (Å²) in [6, 6.07) is 8.03. The van der Waals surface area contributed by atoms with E-state index in [0.717, 1.165) is 30.9 Å². The van der Waals surface area contributed by atoms with E-state index in [4.69, 9.17) is 0 Å². The highest BCUT2D eigenvalue weighted by atomic mass is 16.2. The Morgan fingerprint density at radius 3 is 2.59 bits per heavy atom. The number of hydrogen-bond acceptors (Lipinski definition) is 3. The number of carbonyl (C=O) groups is 1. The molecular weight excluding hydrogens is 216 g/mol. The van der Waals surface area contributed by atoms with Gasteiger partial charge in [-0.3, -0.25) is 0 Å². The summed E-state index contributed by atoms with van der Waals surface area (Å²) in [6.07, 6.45) is 1.15. The molecule has 0 aromatic heterocycles. The normalized spacial score (nSPS) is 18.8. The van der Waals surface area contributed by atoms with Crippen LogP contribution in [0.1, 0.15) is 6.42 Å². The highest BCUT2D eigenvalue weighted by molar-refractivity contribution is 5.89. The number of anilines is 2. The Bertz CT molecular complexity index is 371. The van der Waals surface area contributed by atoms with E-state index in [9.17, 15) is 4.79 Å². The topological polar surface area (TPSA) is 65.2 Å². The molecule has 0 bridgehead atoms. The van der Waals surface area contributed by atoms with Crippen molar-refractivity contribution in [2.24, 2.45) is 0 Å². The van der Waals surface area contributed by atoms with Crippen molar-refractivity contribution < 1.29 is 4.79 Å². The first-order valence-corrected chi connectivity index (χ1v) is 5.84. The van der Waals surface area contributed by atoms with Gasteiger partial charge in [-0.05, 0) is 37.2 Å². The van der Waals surface area contributed by atoms with Crippen molar-refractivity contribution in [2.75, 3.05) is 30.8 Å². The molecule has 0 saturated carbocycles. The van der Waals surface area contributed by atoms with E-state index in [-0.39, 0.29) is 6.03 Å². The van der Waals surface area contributed by atoms with Crippen LogP contribution in [0.2, 0.25) is 0 Å². The van der Waals surface area contributed by atoms with Crippen LogP contribution in [0, 0.1) is 0 Å². The summed E-state index contributed by atoms with van der Waals surface area (Å²) in [5.41, 5.74) is 1.88. The quantitative estimate of drug-likeness (QED) is 0.635. The van der Waals surface area contributed by atoms with Crippen molar-refractivity contribution >= 4 is 17.4 Å². The summed E-state index contributed by atoms with van der Waals surface area (Å²) < 4.78 is 0. The number of rotatable bonds is 3. The van der Waals surface area contributed by atoms with E-state index < -0.39 is 0 Å². The van der Waals surface area contributed by atoms with Crippen molar-refractivity contribution in [3.8, 4) is 0 Å². The molecule has 2 rings (SSSR count). The van der Waals surface area contributed by atoms with Gasteiger partial charge in [0.05, 0.1) is 0 Å². The van der Waals surface area contributed by atoms with Gasteiger partial charge >= 0.3 is 6.03 Å². The smallest absolute Gasteiger partial charge is 0.318 e. The molecule has 5 nitrogen and oxygen atoms in total. The lowest BCUT2D eigenvalue weighted by molar-refractivity contribution is 0.254. The first-order chi connectivity index (χ1) is 8.28. The maximum Gasteiger partial charge on any atom is 0.318 e. The van der Waals surface area contributed by atoms with Crippen LogP contribution in [0.5, 0.6) is 0 Å². The molecule has 1 saturated heterocycles. The standard InChI is InChI=1S/C12H18N4O/c1-13-12(17)16-10-4-2-9(3-5-10)15-11-6-7-14-8-11/h2-5,11,14-15H,6-8H2,1H3,(H2,13,16,17). The van der Waals surface area contributed by atoms with Gasteiger partial charge in [0, 0.05) is 31.0 Å². The second-order valence-electron chi connectivity index (χ2n) is 4.12. The predicted molar refractivity (Wildman–Crippen MR) is 69.4 cm³/mol. The summed E-state index contributed by atoms with van der Waals surface area (Å²) in [4.78, 5) is 11.1. The number of benzene rings is 1. The van der Waals surface area contributed by atoms with Gasteiger partial charge in [0.25, 0.3) is 0 Å². The molecule has 2 amide bonds. The Labute approximate surface area is 101 Å². The molecular formula is C12H18N4O. The molecule has 0 aliphatic carbocycles. The number of carbonyl (C=O) groups excluding carboxylic acids is 1. The molecule has 1 heterocycles. The lowest BCUT2D eigenvalue weighted by atomic mass is 10.2. The molecule has 1 aromatic carbocycles. The fourth-order valence-electron chi connectivity index (χ4n) is 1.86. The summed E-state index contributed by atoms with van der Waals surface area (Å²) in [7, 11) is 1.60. The molecule has 1 atom stereocenters. The average Bonchev–Trinajstić information content (AvgIpc) is 2.84. The minimum atomic E-state index is -0.203. The zero-order valence-electron chi connectivity index (χ0n) is 9.92. The fraction of sp³-hybridized carbons (Fsp3) is 0.417. The third-order valence-corrected chi connectivity index (χ3v) is 2.80. The van der Waals surface area contributed by atoms with Crippen molar-refractivity contribution in [1.29, 1.82) is 0 Å². The third kappa shape index (κ3) is 3.35. The van der Waals surface area contributed by atoms with Crippen molar-refractivity contribution in [3.05, 3.63) is 24.3 Å². The summed E-state index contributed by atoms with van der Waals surface area (Å²) in [5.74, 6) is 0. The minimum absolute atomic E-state index is 0.203. The summed E-state index contributed by atoms with van der Waals surface area (Å²) in [5, 5.41) is 12.0. The maximum atomic E-state index is 11.1. The molecule has 0 radical (unpaired) electrons. The van der Waals surface area contributed by atoms with E-state index in [1.807, 2.05) is 24.3 Å². The van der Waals surface area contributed by atoms with E-state index >= 15 is 0 Å². The Balaban J connectivity index is 1.90. The minimum Gasteiger partial charge on any atom is -0.381 e. The first-order valence-electron chi connectivity index (χ1n) is 5.84. The monoisotopic (exact) mass is 234 g/mol. The van der Waals surface area contributed by atoms with Gasteiger partial charge in [-0.15, -0.1) is 0 Å². The number of nitrogens with one attached hydrogen (secondary N) is 4. The average molecular weight is 234 g/mol. The number of hydrogen-bond donors (Lipinski definition) is 4. The van der Waals surface area contributed by atoms with E-state index in [1.165, 1.54) is 0 Å². The number of amides is 2. The molecule has 1 fully saturated rings. The third-order valence-electron chi connectivity index (χ3n) is 2.80. The second kappa shape index (κ2) is 5.54. The highest BCUT2D eigenvalue weighted by Crippen LogP contribution is 2.15. The largest absolute Gasteiger partial charge is 0.381 e. The van der Waals surface area contributed by atoms with Gasteiger partial charge in [-0.1, -0.05) is 0 Å². The Morgan fingerprint density at radius 2 is 2.00 bits per heavy atom. The lowest BCUT2D eigenvalue weighted by Crippen LogP contribution is -2.24. The van der Waals surface area contributed by atoms with Crippen LogP contribution in [0.4, 0.5) is 16.2 Å². The summed E-state index contributed by atoms with van der Waals surface area (Å²) >= 11 is 0. The molecule has 1 aromatic rings. The SMILES string of the molecule is CNC(=O)Nc1ccc(NC2CCNC2)cc1. The predicted octanol–water partition coefficient (Wildman–Crippen LogP) is 1.21. The Morgan fingerprint density at radius 1 is 1.29 bits per heavy atom. The molecule has 1 aliphatic heterocycles. The van der Waals surface area contributed by atoms with Gasteiger partial charge < -0.3 is 21.3 Å². The van der Waals surface area contributed by atoms with E-state index in [1.54, 1.807) is 7.05 Å². The number of urea groups is 1. The van der Waals surface area contributed by atoms with Crippen LogP contribution in [0.3, 0.4) is 0 Å². The fourth-order valence-corrected chi connectivity index (χ4v) is 1.86. The van der Waals surface area contributed by atoms with Gasteiger partial charge in [0.1, 0.15) is 0 Å². The van der Waals surface area contributed by atoms with Gasteiger partial charge in [0.2, 0.25) is 0 Å². The molecule has 17 heavy (non-hydrogen) atoms. The zero-order valence-corrected chi connectivity index (χ0v) is 9.92.